The van der Waals surface area contributed by atoms with Gasteiger partial charge in [-0.25, -0.2) is 0 Å². The Balaban J connectivity index is 0. The van der Waals surface area contributed by atoms with Crippen LogP contribution >= 0.6 is 0 Å². The minimum absolute atomic E-state index is 0. The van der Waals surface area contributed by atoms with Gasteiger partial charge < -0.3 is 0 Å². The van der Waals surface area contributed by atoms with Crippen LogP contribution in [0.2, 0.25) is 0 Å². The van der Waals surface area contributed by atoms with Gasteiger partial charge >= 0.3 is 0 Å². The molecule has 0 unspecified atom stereocenters. The molecule has 0 aromatic heterocycles. The predicted octanol–water partition coefficient (Wildman–Crippen LogP) is -0.0125. The van der Waals surface area contributed by atoms with E-state index < -0.39 is 0 Å². The summed E-state index contributed by atoms with van der Waals surface area (Å²) in [5.41, 5.74) is 0. The molecule has 0 fully saturated rings. The van der Waals surface area contributed by atoms with E-state index in [2.05, 4.69) is 0 Å². The Labute approximate surface area is 90.7 Å². The first kappa shape index (κ1) is 44.9. The third kappa shape index (κ3) is 19.7. The summed E-state index contributed by atoms with van der Waals surface area (Å²) in [7, 11) is 0. The van der Waals surface area contributed by atoms with Crippen LogP contribution in [0.15, 0.2) is 0 Å². The van der Waals surface area contributed by atoms with Crippen LogP contribution in [-0.2, 0) is 92.0 Å². The summed E-state index contributed by atoms with van der Waals surface area (Å²) < 4.78 is 0. The van der Waals surface area contributed by atoms with E-state index in [9.17, 15) is 0 Å². The van der Waals surface area contributed by atoms with E-state index >= 15 is 0 Å². The molecule has 5 heavy (non-hydrogen) atoms. The summed E-state index contributed by atoms with van der Waals surface area (Å²) in [5.74, 6) is 0. The molecular weight excluding hydrogens is 421 g/mol. The molecule has 2 radical (unpaired) electrons. The summed E-state index contributed by atoms with van der Waals surface area (Å²) in [5, 5.41) is 0. The van der Waals surface area contributed by atoms with Crippen molar-refractivity contribution >= 4 is 0 Å². The smallest absolute Gasteiger partial charge is 0 e. The molecule has 0 aromatic carbocycles. The van der Waals surface area contributed by atoms with Gasteiger partial charge in [-0.05, 0) is 0 Å². The second-order valence-electron chi connectivity index (χ2n) is 0. The molecule has 0 spiro atoms. The van der Waals surface area contributed by atoms with Crippen LogP contribution in [0.25, 0.3) is 0 Å². The van der Waals surface area contributed by atoms with Gasteiger partial charge in [-0.2, -0.15) is 0 Å². The second-order valence-corrected chi connectivity index (χ2v) is 0. The molecule has 0 aliphatic carbocycles. The molecule has 42 valence electrons. The van der Waals surface area contributed by atoms with Crippen molar-refractivity contribution in [1.29, 1.82) is 0 Å². The monoisotopic (exact) mass is 424 g/mol. The Hall–Kier alpha value is 2.88. The minimum Gasteiger partial charge on any atom is 0 e. The summed E-state index contributed by atoms with van der Waals surface area (Å²) in [4.78, 5) is 0. The molecule has 0 rings (SSSR count). The zero-order valence-corrected chi connectivity index (χ0v) is 9.02. The topological polar surface area (TPSA) is 0 Å². The standard InChI is InChI=1S/2Co.3Ru. The van der Waals surface area contributed by atoms with Crippen molar-refractivity contribution in [1.82, 2.24) is 0 Å². The van der Waals surface area contributed by atoms with E-state index in [1.165, 1.54) is 0 Å². The average Bonchev–Trinajstić information content (AvgIpc) is 0. The Bertz CT molecular complexity index is 4.85. The Morgan fingerprint density at radius 2 is 0.400 bits per heavy atom. The van der Waals surface area contributed by atoms with E-state index in [0.29, 0.717) is 0 Å². The zero-order chi connectivity index (χ0) is 0. The zero-order valence-electron chi connectivity index (χ0n) is 1.73. The van der Waals surface area contributed by atoms with Gasteiger partial charge in [-0.15, -0.1) is 0 Å². The maximum absolute atomic E-state index is 0. The molecule has 0 bridgehead atoms. The largest absolute Gasteiger partial charge is 0 e. The number of hydrogen-bond donors (Lipinski definition) is 0. The van der Waals surface area contributed by atoms with E-state index in [1.807, 2.05) is 0 Å². The van der Waals surface area contributed by atoms with Gasteiger partial charge in [0.25, 0.3) is 0 Å². The van der Waals surface area contributed by atoms with Crippen LogP contribution in [0.3, 0.4) is 0 Å². The molecular formula is Co2Ru3. The summed E-state index contributed by atoms with van der Waals surface area (Å²) >= 11 is 0. The molecule has 5 heteroatoms. The molecule has 0 heterocycles. The normalized spacial score (nSPS) is 0. The van der Waals surface area contributed by atoms with Crippen LogP contribution in [-0.4, -0.2) is 0 Å². The van der Waals surface area contributed by atoms with Crippen molar-refractivity contribution in [2.45, 2.75) is 0 Å². The Morgan fingerprint density at radius 3 is 0.400 bits per heavy atom. The Kier molecular flexibility index (Phi) is 258. The first-order chi connectivity index (χ1) is 0. The van der Waals surface area contributed by atoms with Gasteiger partial charge in [0.2, 0.25) is 0 Å². The molecule has 0 aliphatic heterocycles. The van der Waals surface area contributed by atoms with Gasteiger partial charge in [0.05, 0.1) is 0 Å². The second kappa shape index (κ2) is 28.7. The van der Waals surface area contributed by atoms with Crippen molar-refractivity contribution in [2.75, 3.05) is 0 Å². The van der Waals surface area contributed by atoms with Crippen molar-refractivity contribution < 1.29 is 92.0 Å². The number of rotatable bonds is 0. The average molecular weight is 421 g/mol. The maximum Gasteiger partial charge on any atom is 0 e. The van der Waals surface area contributed by atoms with Crippen molar-refractivity contribution in [3.8, 4) is 0 Å². The summed E-state index contributed by atoms with van der Waals surface area (Å²) in [6.07, 6.45) is 0. The fourth-order valence-electron chi connectivity index (χ4n) is 0. The van der Waals surface area contributed by atoms with Crippen LogP contribution < -0.4 is 0 Å². The van der Waals surface area contributed by atoms with Gasteiger partial charge in [0, 0.05) is 92.0 Å². The summed E-state index contributed by atoms with van der Waals surface area (Å²) in [6.45, 7) is 0. The fourth-order valence-corrected chi connectivity index (χ4v) is 0. The van der Waals surface area contributed by atoms with Gasteiger partial charge in [-0.1, -0.05) is 0 Å². The molecule has 0 saturated heterocycles. The molecule has 0 aliphatic rings. The van der Waals surface area contributed by atoms with Crippen molar-refractivity contribution in [2.24, 2.45) is 0 Å². The third-order valence-electron chi connectivity index (χ3n) is 0. The van der Waals surface area contributed by atoms with Crippen LogP contribution in [0.5, 0.6) is 0 Å². The van der Waals surface area contributed by atoms with Crippen molar-refractivity contribution in [3.63, 3.8) is 0 Å². The number of hydrogen-bond acceptors (Lipinski definition) is 0. The van der Waals surface area contributed by atoms with Crippen molar-refractivity contribution in [3.05, 3.63) is 0 Å². The Morgan fingerprint density at radius 1 is 0.400 bits per heavy atom. The summed E-state index contributed by atoms with van der Waals surface area (Å²) in [6, 6.07) is 0. The quantitative estimate of drug-likeness (QED) is 0.483. The van der Waals surface area contributed by atoms with Crippen LogP contribution in [0.4, 0.5) is 0 Å². The fraction of sp³-hybridized carbons (Fsp3) is 0. The molecule has 0 saturated carbocycles. The third-order valence-corrected chi connectivity index (χ3v) is 0. The van der Waals surface area contributed by atoms with Gasteiger partial charge in [0.15, 0.2) is 0 Å². The maximum atomic E-state index is 0. The first-order valence-electron chi connectivity index (χ1n) is 0. The predicted molar refractivity (Wildman–Crippen MR) is 0 cm³/mol. The SMILES string of the molecule is [Co].[Co].[Ru].[Ru].[Ru]. The van der Waals surface area contributed by atoms with Crippen LogP contribution in [0, 0.1) is 0 Å². The van der Waals surface area contributed by atoms with E-state index in [4.69, 9.17) is 0 Å². The molecule has 0 N–H and O–H groups in total. The van der Waals surface area contributed by atoms with Gasteiger partial charge in [-0.3, -0.25) is 0 Å². The van der Waals surface area contributed by atoms with Gasteiger partial charge in [0.1, 0.15) is 0 Å². The molecule has 0 nitrogen and oxygen atoms in total. The molecule has 0 atom stereocenters. The van der Waals surface area contributed by atoms with E-state index in [0.717, 1.165) is 0 Å². The van der Waals surface area contributed by atoms with E-state index in [-0.39, 0.29) is 92.0 Å². The minimum atomic E-state index is 0. The molecule has 0 amide bonds. The first-order valence-corrected chi connectivity index (χ1v) is 0. The van der Waals surface area contributed by atoms with Crippen LogP contribution in [0.1, 0.15) is 0 Å². The molecule has 0 aromatic rings. The van der Waals surface area contributed by atoms with E-state index in [1.54, 1.807) is 0 Å².